The summed E-state index contributed by atoms with van der Waals surface area (Å²) in [5.41, 5.74) is -1.59. The molecule has 1 N–H and O–H groups in total. The van der Waals surface area contributed by atoms with Gasteiger partial charge in [0.2, 0.25) is 0 Å². The lowest BCUT2D eigenvalue weighted by Crippen LogP contribution is -2.54. The zero-order chi connectivity index (χ0) is 21.3. The van der Waals surface area contributed by atoms with Gasteiger partial charge in [0.15, 0.2) is 0 Å². The molecular formula is C19H12ClF3N2O4. The molecule has 1 saturated heterocycles. The van der Waals surface area contributed by atoms with Gasteiger partial charge < -0.3 is 4.74 Å². The second-order valence-corrected chi connectivity index (χ2v) is 6.30. The van der Waals surface area contributed by atoms with Crippen molar-refractivity contribution in [2.75, 3.05) is 12.0 Å². The Bertz CT molecular complexity index is 1030. The van der Waals surface area contributed by atoms with Crippen molar-refractivity contribution in [1.82, 2.24) is 5.32 Å². The molecule has 0 bridgehead atoms. The summed E-state index contributed by atoms with van der Waals surface area (Å²) in [6.45, 7) is 0. The predicted octanol–water partition coefficient (Wildman–Crippen LogP) is 4.03. The number of alkyl halides is 3. The van der Waals surface area contributed by atoms with Gasteiger partial charge in [0.1, 0.15) is 11.3 Å². The predicted molar refractivity (Wildman–Crippen MR) is 98.4 cm³/mol. The Morgan fingerprint density at radius 1 is 1.07 bits per heavy atom. The number of carbonyl (C=O) groups excluding carboxylic acids is 3. The van der Waals surface area contributed by atoms with Crippen LogP contribution in [0.4, 0.5) is 23.7 Å². The number of amides is 4. The number of methoxy groups -OCH3 is 1. The molecule has 1 aliphatic heterocycles. The number of ether oxygens (including phenoxy) is 1. The maximum Gasteiger partial charge on any atom is 0.416 e. The van der Waals surface area contributed by atoms with Crippen molar-refractivity contribution in [1.29, 1.82) is 0 Å². The fourth-order valence-electron chi connectivity index (χ4n) is 2.60. The number of hydrogen-bond donors (Lipinski definition) is 1. The number of nitrogens with zero attached hydrogens (tertiary/aromatic N) is 1. The number of imide groups is 2. The Hall–Kier alpha value is -3.33. The molecule has 0 saturated carbocycles. The minimum absolute atomic E-state index is 0.264. The van der Waals surface area contributed by atoms with Crippen LogP contribution >= 0.6 is 11.6 Å². The summed E-state index contributed by atoms with van der Waals surface area (Å²) < 4.78 is 44.1. The van der Waals surface area contributed by atoms with E-state index in [0.717, 1.165) is 12.1 Å². The average molecular weight is 425 g/mol. The minimum atomic E-state index is -4.72. The van der Waals surface area contributed by atoms with Crippen molar-refractivity contribution in [3.05, 3.63) is 64.2 Å². The smallest absolute Gasteiger partial charge is 0.416 e. The Labute approximate surface area is 167 Å². The molecule has 0 radical (unpaired) electrons. The van der Waals surface area contributed by atoms with Crippen molar-refractivity contribution in [3.8, 4) is 5.75 Å². The average Bonchev–Trinajstić information content (AvgIpc) is 2.66. The van der Waals surface area contributed by atoms with Crippen LogP contribution in [-0.4, -0.2) is 25.0 Å². The largest absolute Gasteiger partial charge is 0.497 e. The summed E-state index contributed by atoms with van der Waals surface area (Å²) in [5.74, 6) is -1.54. The fraction of sp³-hybridized carbons (Fsp3) is 0.105. The number of rotatable bonds is 3. The van der Waals surface area contributed by atoms with Gasteiger partial charge in [-0.2, -0.15) is 13.2 Å². The van der Waals surface area contributed by atoms with Crippen LogP contribution in [-0.2, 0) is 15.8 Å². The van der Waals surface area contributed by atoms with E-state index in [1.165, 1.54) is 13.2 Å². The first-order valence-electron chi connectivity index (χ1n) is 8.04. The van der Waals surface area contributed by atoms with Gasteiger partial charge in [-0.15, -0.1) is 0 Å². The number of hydrogen-bond acceptors (Lipinski definition) is 4. The normalized spacial score (nSPS) is 16.2. The first-order valence-corrected chi connectivity index (χ1v) is 8.42. The maximum atomic E-state index is 13.0. The summed E-state index contributed by atoms with van der Waals surface area (Å²) in [4.78, 5) is 37.5. The number of urea groups is 1. The van der Waals surface area contributed by atoms with Crippen LogP contribution < -0.4 is 15.0 Å². The lowest BCUT2D eigenvalue weighted by Gasteiger charge is -2.27. The van der Waals surface area contributed by atoms with E-state index in [0.29, 0.717) is 22.3 Å². The van der Waals surface area contributed by atoms with Crippen molar-refractivity contribution in [2.45, 2.75) is 6.18 Å². The standard InChI is InChI=1S/C19H12ClF3N2O4/c1-29-12-5-2-10(3-6-12)8-13-16(26)24-18(28)25(17(13)27)15-9-11(19(21,22)23)4-7-14(15)20/h2-9H,1H3,(H,24,26,28). The molecule has 0 aromatic heterocycles. The summed E-state index contributed by atoms with van der Waals surface area (Å²) >= 11 is 5.93. The summed E-state index contributed by atoms with van der Waals surface area (Å²) in [7, 11) is 1.47. The summed E-state index contributed by atoms with van der Waals surface area (Å²) in [6.07, 6.45) is -3.51. The van der Waals surface area contributed by atoms with E-state index < -0.39 is 40.8 Å². The molecule has 0 aliphatic carbocycles. The third-order valence-electron chi connectivity index (χ3n) is 4.04. The van der Waals surface area contributed by atoms with E-state index in [9.17, 15) is 27.6 Å². The first-order chi connectivity index (χ1) is 13.6. The summed E-state index contributed by atoms with van der Waals surface area (Å²) in [5, 5.41) is 1.67. The highest BCUT2D eigenvalue weighted by molar-refractivity contribution is 6.42. The molecule has 29 heavy (non-hydrogen) atoms. The monoisotopic (exact) mass is 424 g/mol. The Morgan fingerprint density at radius 2 is 1.72 bits per heavy atom. The van der Waals surface area contributed by atoms with Crippen LogP contribution in [0.25, 0.3) is 6.08 Å². The van der Waals surface area contributed by atoms with Gasteiger partial charge >= 0.3 is 12.2 Å². The molecule has 2 aromatic carbocycles. The SMILES string of the molecule is COc1ccc(C=C2C(=O)NC(=O)N(c3cc(C(F)(F)F)ccc3Cl)C2=O)cc1. The minimum Gasteiger partial charge on any atom is -0.497 e. The van der Waals surface area contributed by atoms with E-state index in [-0.39, 0.29) is 5.02 Å². The van der Waals surface area contributed by atoms with E-state index in [2.05, 4.69) is 0 Å². The molecule has 2 aromatic rings. The van der Waals surface area contributed by atoms with E-state index in [4.69, 9.17) is 16.3 Å². The zero-order valence-electron chi connectivity index (χ0n) is 14.7. The lowest BCUT2D eigenvalue weighted by molar-refractivity contribution is -0.137. The van der Waals surface area contributed by atoms with Gasteiger partial charge in [0.05, 0.1) is 23.4 Å². The third-order valence-corrected chi connectivity index (χ3v) is 4.36. The molecule has 3 rings (SSSR count). The van der Waals surface area contributed by atoms with Crippen LogP contribution in [0.15, 0.2) is 48.0 Å². The molecule has 1 aliphatic rings. The molecule has 10 heteroatoms. The molecule has 0 unspecified atom stereocenters. The molecule has 1 fully saturated rings. The topological polar surface area (TPSA) is 75.7 Å². The number of barbiturate groups is 1. The summed E-state index contributed by atoms with van der Waals surface area (Å²) in [6, 6.07) is 7.30. The molecule has 6 nitrogen and oxygen atoms in total. The molecule has 0 spiro atoms. The highest BCUT2D eigenvalue weighted by Crippen LogP contribution is 2.36. The van der Waals surface area contributed by atoms with Gasteiger partial charge in [-0.1, -0.05) is 23.7 Å². The van der Waals surface area contributed by atoms with Gasteiger partial charge in [-0.25, -0.2) is 9.69 Å². The van der Waals surface area contributed by atoms with Crippen LogP contribution in [0.1, 0.15) is 11.1 Å². The van der Waals surface area contributed by atoms with Crippen molar-refractivity contribution >= 4 is 41.2 Å². The highest BCUT2D eigenvalue weighted by Gasteiger charge is 2.39. The van der Waals surface area contributed by atoms with Crippen LogP contribution in [0.2, 0.25) is 5.02 Å². The molecule has 0 atom stereocenters. The third kappa shape index (κ3) is 4.09. The maximum absolute atomic E-state index is 13.0. The number of halogens is 4. The van der Waals surface area contributed by atoms with Gasteiger partial charge in [0, 0.05) is 0 Å². The fourth-order valence-corrected chi connectivity index (χ4v) is 2.81. The number of benzene rings is 2. The second kappa shape index (κ2) is 7.59. The Balaban J connectivity index is 2.04. The Morgan fingerprint density at radius 3 is 2.31 bits per heavy atom. The molecular weight excluding hydrogens is 413 g/mol. The first kappa shape index (κ1) is 20.4. The quantitative estimate of drug-likeness (QED) is 0.596. The van der Waals surface area contributed by atoms with Crippen LogP contribution in [0, 0.1) is 0 Å². The zero-order valence-corrected chi connectivity index (χ0v) is 15.5. The van der Waals surface area contributed by atoms with Gasteiger partial charge in [0.25, 0.3) is 11.8 Å². The Kier molecular flexibility index (Phi) is 5.34. The van der Waals surface area contributed by atoms with Crippen molar-refractivity contribution in [3.63, 3.8) is 0 Å². The van der Waals surface area contributed by atoms with Crippen LogP contribution in [0.3, 0.4) is 0 Å². The number of nitrogens with one attached hydrogen (secondary N) is 1. The van der Waals surface area contributed by atoms with E-state index in [1.54, 1.807) is 24.3 Å². The van der Waals surface area contributed by atoms with Crippen molar-refractivity contribution < 1.29 is 32.3 Å². The number of carbonyl (C=O) groups is 3. The molecule has 4 amide bonds. The molecule has 1 heterocycles. The lowest BCUT2D eigenvalue weighted by atomic mass is 10.1. The van der Waals surface area contributed by atoms with E-state index >= 15 is 0 Å². The van der Waals surface area contributed by atoms with Gasteiger partial charge in [-0.05, 0) is 42.0 Å². The van der Waals surface area contributed by atoms with Gasteiger partial charge in [-0.3, -0.25) is 14.9 Å². The highest BCUT2D eigenvalue weighted by atomic mass is 35.5. The second-order valence-electron chi connectivity index (χ2n) is 5.89. The number of anilines is 1. The van der Waals surface area contributed by atoms with Crippen LogP contribution in [0.5, 0.6) is 5.75 Å². The van der Waals surface area contributed by atoms with Crippen molar-refractivity contribution in [2.24, 2.45) is 0 Å². The van der Waals surface area contributed by atoms with E-state index in [1.807, 2.05) is 5.32 Å². The molecule has 150 valence electrons.